The standard InChI is InChI=1S/C20H17F3O3/c21-20(22,23)16-5-1-3-13(12-16)17(24)7-8-18(25)14-6-9-19-15(11-14)4-2-10-26-19/h1,3,5-6,9,11-12H,2,4,7-8,10H2. The summed E-state index contributed by atoms with van der Waals surface area (Å²) in [4.78, 5) is 24.5. The van der Waals surface area contributed by atoms with Crippen molar-refractivity contribution in [1.29, 1.82) is 0 Å². The molecule has 2 aromatic carbocycles. The average molecular weight is 362 g/mol. The number of benzene rings is 2. The van der Waals surface area contributed by atoms with Gasteiger partial charge in [0.1, 0.15) is 5.75 Å². The Morgan fingerprint density at radius 2 is 1.65 bits per heavy atom. The summed E-state index contributed by atoms with van der Waals surface area (Å²) in [7, 11) is 0. The predicted molar refractivity (Wildman–Crippen MR) is 89.6 cm³/mol. The molecule has 1 aliphatic rings. The molecular weight excluding hydrogens is 345 g/mol. The Bertz CT molecular complexity index is 840. The van der Waals surface area contributed by atoms with Gasteiger partial charge in [-0.05, 0) is 48.7 Å². The first kappa shape index (κ1) is 18.2. The van der Waals surface area contributed by atoms with Gasteiger partial charge in [0.2, 0.25) is 0 Å². The van der Waals surface area contributed by atoms with Crippen LogP contribution in [0.2, 0.25) is 0 Å². The molecular formula is C20H17F3O3. The molecule has 0 bridgehead atoms. The van der Waals surface area contributed by atoms with Crippen molar-refractivity contribution < 1.29 is 27.5 Å². The van der Waals surface area contributed by atoms with E-state index < -0.39 is 17.5 Å². The van der Waals surface area contributed by atoms with Crippen molar-refractivity contribution in [1.82, 2.24) is 0 Å². The zero-order chi connectivity index (χ0) is 18.7. The van der Waals surface area contributed by atoms with Crippen LogP contribution in [0.4, 0.5) is 13.2 Å². The normalized spacial score (nSPS) is 13.7. The van der Waals surface area contributed by atoms with Gasteiger partial charge in [0.25, 0.3) is 0 Å². The van der Waals surface area contributed by atoms with Crippen LogP contribution in [0.5, 0.6) is 5.75 Å². The van der Waals surface area contributed by atoms with Crippen LogP contribution in [0.3, 0.4) is 0 Å². The van der Waals surface area contributed by atoms with Crippen LogP contribution < -0.4 is 4.74 Å². The van der Waals surface area contributed by atoms with Crippen LogP contribution in [0, 0.1) is 0 Å². The van der Waals surface area contributed by atoms with Gasteiger partial charge < -0.3 is 4.74 Å². The van der Waals surface area contributed by atoms with Crippen LogP contribution in [0.15, 0.2) is 42.5 Å². The molecule has 0 aliphatic carbocycles. The molecule has 6 heteroatoms. The molecule has 0 fully saturated rings. The van der Waals surface area contributed by atoms with Crippen LogP contribution in [0.25, 0.3) is 0 Å². The number of halogens is 3. The summed E-state index contributed by atoms with van der Waals surface area (Å²) in [6, 6.07) is 9.43. The maximum Gasteiger partial charge on any atom is 0.416 e. The molecule has 0 N–H and O–H groups in total. The van der Waals surface area contributed by atoms with E-state index in [0.29, 0.717) is 12.2 Å². The maximum atomic E-state index is 12.7. The first-order valence-corrected chi connectivity index (χ1v) is 8.34. The van der Waals surface area contributed by atoms with Gasteiger partial charge in [-0.25, -0.2) is 0 Å². The molecule has 3 nitrogen and oxygen atoms in total. The third kappa shape index (κ3) is 4.12. The lowest BCUT2D eigenvalue weighted by molar-refractivity contribution is -0.137. The summed E-state index contributed by atoms with van der Waals surface area (Å²) >= 11 is 0. The van der Waals surface area contributed by atoms with Gasteiger partial charge in [-0.3, -0.25) is 9.59 Å². The van der Waals surface area contributed by atoms with Crippen molar-refractivity contribution in [2.24, 2.45) is 0 Å². The highest BCUT2D eigenvalue weighted by atomic mass is 19.4. The van der Waals surface area contributed by atoms with Crippen molar-refractivity contribution in [3.05, 3.63) is 64.7 Å². The van der Waals surface area contributed by atoms with E-state index in [1.165, 1.54) is 12.1 Å². The highest BCUT2D eigenvalue weighted by molar-refractivity contribution is 6.02. The number of fused-ring (bicyclic) bond motifs is 1. The van der Waals surface area contributed by atoms with E-state index in [-0.39, 0.29) is 24.2 Å². The monoisotopic (exact) mass is 362 g/mol. The van der Waals surface area contributed by atoms with E-state index in [1.807, 2.05) is 0 Å². The van der Waals surface area contributed by atoms with Crippen molar-refractivity contribution in [3.8, 4) is 5.75 Å². The minimum atomic E-state index is -4.50. The molecule has 0 saturated carbocycles. The molecule has 0 amide bonds. The molecule has 0 saturated heterocycles. The van der Waals surface area contributed by atoms with Gasteiger partial charge in [-0.15, -0.1) is 0 Å². The molecule has 1 heterocycles. The maximum absolute atomic E-state index is 12.7. The zero-order valence-corrected chi connectivity index (χ0v) is 13.9. The van der Waals surface area contributed by atoms with Crippen molar-refractivity contribution in [2.45, 2.75) is 31.9 Å². The SMILES string of the molecule is O=C(CCC(=O)c1ccc2c(c1)CCCO2)c1cccc(C(F)(F)F)c1. The number of carbonyl (C=O) groups is 2. The number of rotatable bonds is 5. The van der Waals surface area contributed by atoms with Crippen LogP contribution in [-0.4, -0.2) is 18.2 Å². The number of Topliss-reactive ketones (excluding diaryl/α,β-unsaturated/α-hetero) is 2. The van der Waals surface area contributed by atoms with E-state index in [0.717, 1.165) is 36.3 Å². The minimum absolute atomic E-state index is 0.0357. The number of carbonyl (C=O) groups excluding carboxylic acids is 2. The molecule has 0 unspecified atom stereocenters. The fraction of sp³-hybridized carbons (Fsp3) is 0.300. The summed E-state index contributed by atoms with van der Waals surface area (Å²) < 4.78 is 43.7. The van der Waals surface area contributed by atoms with E-state index in [4.69, 9.17) is 4.74 Å². The predicted octanol–water partition coefficient (Wildman–Crippen LogP) is 4.88. The van der Waals surface area contributed by atoms with E-state index >= 15 is 0 Å². The molecule has 1 aliphatic heterocycles. The number of aryl methyl sites for hydroxylation is 1. The molecule has 26 heavy (non-hydrogen) atoms. The van der Waals surface area contributed by atoms with Gasteiger partial charge in [-0.1, -0.05) is 12.1 Å². The Hall–Kier alpha value is -2.63. The summed E-state index contributed by atoms with van der Waals surface area (Å²) in [6.45, 7) is 0.659. The van der Waals surface area contributed by atoms with Crippen molar-refractivity contribution >= 4 is 11.6 Å². The van der Waals surface area contributed by atoms with Gasteiger partial charge in [0.05, 0.1) is 12.2 Å². The number of ether oxygens (including phenoxy) is 1. The lowest BCUT2D eigenvalue weighted by Crippen LogP contribution is -2.11. The number of ketones is 2. The largest absolute Gasteiger partial charge is 0.493 e. The Morgan fingerprint density at radius 3 is 2.35 bits per heavy atom. The molecule has 3 rings (SSSR count). The highest BCUT2D eigenvalue weighted by Crippen LogP contribution is 2.30. The smallest absolute Gasteiger partial charge is 0.416 e. The van der Waals surface area contributed by atoms with Crippen LogP contribution in [-0.2, 0) is 12.6 Å². The van der Waals surface area contributed by atoms with Crippen LogP contribution >= 0.6 is 0 Å². The summed E-state index contributed by atoms with van der Waals surface area (Å²) in [5, 5.41) is 0. The molecule has 136 valence electrons. The Kier molecular flexibility index (Phi) is 5.11. The van der Waals surface area contributed by atoms with Crippen molar-refractivity contribution in [2.75, 3.05) is 6.61 Å². The number of hydrogen-bond donors (Lipinski definition) is 0. The topological polar surface area (TPSA) is 43.4 Å². The quantitative estimate of drug-likeness (QED) is 0.712. The Labute approximate surface area is 148 Å². The van der Waals surface area contributed by atoms with E-state index in [9.17, 15) is 22.8 Å². The second-order valence-corrected chi connectivity index (χ2v) is 6.20. The Morgan fingerprint density at radius 1 is 0.962 bits per heavy atom. The second kappa shape index (κ2) is 7.32. The summed E-state index contributed by atoms with van der Waals surface area (Å²) in [5.74, 6) is 0.0808. The molecule has 2 aromatic rings. The lowest BCUT2D eigenvalue weighted by atomic mass is 9.97. The second-order valence-electron chi connectivity index (χ2n) is 6.20. The average Bonchev–Trinajstić information content (AvgIpc) is 2.64. The minimum Gasteiger partial charge on any atom is -0.493 e. The molecule has 0 aromatic heterocycles. The van der Waals surface area contributed by atoms with Gasteiger partial charge in [0, 0.05) is 24.0 Å². The Balaban J connectivity index is 1.65. The van der Waals surface area contributed by atoms with E-state index in [2.05, 4.69) is 0 Å². The third-order valence-electron chi connectivity index (χ3n) is 4.32. The fourth-order valence-corrected chi connectivity index (χ4v) is 2.92. The zero-order valence-electron chi connectivity index (χ0n) is 13.9. The van der Waals surface area contributed by atoms with Gasteiger partial charge in [0.15, 0.2) is 11.6 Å². The summed E-state index contributed by atoms with van der Waals surface area (Å²) in [6.07, 6.45) is -2.96. The molecule has 0 spiro atoms. The first-order chi connectivity index (χ1) is 12.3. The van der Waals surface area contributed by atoms with E-state index in [1.54, 1.807) is 18.2 Å². The van der Waals surface area contributed by atoms with Crippen LogP contribution in [0.1, 0.15) is 51.1 Å². The van der Waals surface area contributed by atoms with Crippen molar-refractivity contribution in [3.63, 3.8) is 0 Å². The third-order valence-corrected chi connectivity index (χ3v) is 4.32. The number of alkyl halides is 3. The first-order valence-electron chi connectivity index (χ1n) is 8.34. The molecule has 0 radical (unpaired) electrons. The van der Waals surface area contributed by atoms with Gasteiger partial charge >= 0.3 is 6.18 Å². The number of hydrogen-bond acceptors (Lipinski definition) is 3. The highest BCUT2D eigenvalue weighted by Gasteiger charge is 2.30. The van der Waals surface area contributed by atoms with Gasteiger partial charge in [-0.2, -0.15) is 13.2 Å². The molecule has 0 atom stereocenters. The summed E-state index contributed by atoms with van der Waals surface area (Å²) in [5.41, 5.74) is 0.549. The fourth-order valence-electron chi connectivity index (χ4n) is 2.92. The lowest BCUT2D eigenvalue weighted by Gasteiger charge is -2.17.